The molecule has 9 aromatic carbocycles. The van der Waals surface area contributed by atoms with E-state index in [0.717, 1.165) is 34.1 Å². The lowest BCUT2D eigenvalue weighted by molar-refractivity contribution is 0.947. The SMILES string of the molecule is Cc1cccc(C)c1C(c1ccccc1)c1ccc(N(c2ccc(N(c3ccc(N(c4ccccc4)c4c(C)cccc4C)cc3)c3c(C)cccc3C)cc2)c2c(C)cccc2C)cc1. The first kappa shape index (κ1) is 43.6. The van der Waals surface area contributed by atoms with E-state index in [4.69, 9.17) is 0 Å². The number of anilines is 9. The average Bonchev–Trinajstić information content (AvgIpc) is 3.32. The summed E-state index contributed by atoms with van der Waals surface area (Å²) in [7, 11) is 0. The van der Waals surface area contributed by atoms with E-state index in [0.29, 0.717) is 0 Å². The number of aryl methyl sites for hydroxylation is 8. The van der Waals surface area contributed by atoms with Crippen molar-refractivity contribution in [3.05, 3.63) is 267 Å². The number of hydrogen-bond donors (Lipinski definition) is 0. The predicted molar refractivity (Wildman–Crippen MR) is 282 cm³/mol. The molecular weight excluding hydrogens is 799 g/mol. The van der Waals surface area contributed by atoms with Gasteiger partial charge in [-0.1, -0.05) is 133 Å². The molecule has 0 amide bonds. The van der Waals surface area contributed by atoms with Crippen LogP contribution >= 0.6 is 0 Å². The summed E-state index contributed by atoms with van der Waals surface area (Å²) in [5.74, 6) is 0.118. The Morgan fingerprint density at radius 1 is 0.227 bits per heavy atom. The maximum atomic E-state index is 2.43. The smallest absolute Gasteiger partial charge is 0.0519 e. The molecule has 0 N–H and O–H groups in total. The second-order valence-electron chi connectivity index (χ2n) is 17.8. The quantitative estimate of drug-likeness (QED) is 0.113. The molecule has 0 aliphatic carbocycles. The van der Waals surface area contributed by atoms with Gasteiger partial charge in [-0.3, -0.25) is 0 Å². The van der Waals surface area contributed by atoms with Crippen LogP contribution in [0.25, 0.3) is 0 Å². The molecule has 0 heterocycles. The largest absolute Gasteiger partial charge is 0.310 e. The summed E-state index contributed by atoms with van der Waals surface area (Å²) < 4.78 is 0. The van der Waals surface area contributed by atoms with Gasteiger partial charge in [0, 0.05) is 40.0 Å². The summed E-state index contributed by atoms with van der Waals surface area (Å²) in [6.45, 7) is 17.7. The summed E-state index contributed by atoms with van der Waals surface area (Å²) in [5, 5.41) is 0. The fraction of sp³-hybridized carbons (Fsp3) is 0.143. The van der Waals surface area contributed by atoms with Crippen LogP contribution in [0, 0.1) is 55.4 Å². The lowest BCUT2D eigenvalue weighted by atomic mass is 9.81. The van der Waals surface area contributed by atoms with E-state index < -0.39 is 0 Å². The van der Waals surface area contributed by atoms with Gasteiger partial charge in [0.2, 0.25) is 0 Å². The van der Waals surface area contributed by atoms with Crippen LogP contribution in [0.15, 0.2) is 206 Å². The fourth-order valence-electron chi connectivity index (χ4n) is 10.0. The maximum Gasteiger partial charge on any atom is 0.0519 e. The zero-order valence-corrected chi connectivity index (χ0v) is 39.5. The number of para-hydroxylation sites is 4. The van der Waals surface area contributed by atoms with Crippen molar-refractivity contribution in [1.29, 1.82) is 0 Å². The molecule has 9 aromatic rings. The predicted octanol–water partition coefficient (Wildman–Crippen LogP) is 17.7. The molecule has 0 aliphatic heterocycles. The summed E-state index contributed by atoms with van der Waals surface area (Å²) in [6.07, 6.45) is 0. The molecule has 0 saturated carbocycles. The van der Waals surface area contributed by atoms with Crippen molar-refractivity contribution in [1.82, 2.24) is 0 Å². The zero-order chi connectivity index (χ0) is 45.9. The van der Waals surface area contributed by atoms with Crippen LogP contribution in [-0.2, 0) is 0 Å². The van der Waals surface area contributed by atoms with Crippen molar-refractivity contribution in [3.8, 4) is 0 Å². The van der Waals surface area contributed by atoms with Crippen LogP contribution in [0.5, 0.6) is 0 Å². The second-order valence-corrected chi connectivity index (χ2v) is 17.8. The van der Waals surface area contributed by atoms with Crippen LogP contribution in [0.1, 0.15) is 67.1 Å². The molecule has 3 nitrogen and oxygen atoms in total. The van der Waals surface area contributed by atoms with E-state index >= 15 is 0 Å². The maximum absolute atomic E-state index is 2.43. The molecule has 0 bridgehead atoms. The fourth-order valence-corrected chi connectivity index (χ4v) is 10.0. The summed E-state index contributed by atoms with van der Waals surface area (Å²) in [5.41, 5.74) is 24.1. The molecule has 326 valence electrons. The first-order valence-corrected chi connectivity index (χ1v) is 23.1. The van der Waals surface area contributed by atoms with Gasteiger partial charge in [-0.05, 0) is 189 Å². The Bertz CT molecular complexity index is 2800. The van der Waals surface area contributed by atoms with Crippen molar-refractivity contribution in [3.63, 3.8) is 0 Å². The molecule has 1 unspecified atom stereocenters. The molecule has 9 rings (SSSR count). The summed E-state index contributed by atoms with van der Waals surface area (Å²) in [6, 6.07) is 75.4. The van der Waals surface area contributed by atoms with Crippen molar-refractivity contribution in [2.24, 2.45) is 0 Å². The lowest BCUT2D eigenvalue weighted by Gasteiger charge is -2.32. The van der Waals surface area contributed by atoms with Crippen LogP contribution in [-0.4, -0.2) is 0 Å². The Balaban J connectivity index is 1.13. The minimum atomic E-state index is 0.118. The van der Waals surface area contributed by atoms with Crippen LogP contribution < -0.4 is 14.7 Å². The summed E-state index contributed by atoms with van der Waals surface area (Å²) >= 11 is 0. The Kier molecular flexibility index (Phi) is 12.5. The molecular formula is C63H59N3. The number of nitrogens with zero attached hydrogens (tertiary/aromatic N) is 3. The van der Waals surface area contributed by atoms with Gasteiger partial charge in [0.25, 0.3) is 0 Å². The molecule has 1 atom stereocenters. The van der Waals surface area contributed by atoms with Crippen LogP contribution in [0.4, 0.5) is 51.2 Å². The monoisotopic (exact) mass is 857 g/mol. The molecule has 3 heteroatoms. The third-order valence-corrected chi connectivity index (χ3v) is 13.2. The number of benzene rings is 9. The Hall–Kier alpha value is -7.62. The highest BCUT2D eigenvalue weighted by atomic mass is 15.2. The first-order valence-electron chi connectivity index (χ1n) is 23.1. The first-order chi connectivity index (χ1) is 32.1. The van der Waals surface area contributed by atoms with E-state index in [-0.39, 0.29) is 5.92 Å². The van der Waals surface area contributed by atoms with Gasteiger partial charge in [-0.15, -0.1) is 0 Å². The van der Waals surface area contributed by atoms with E-state index in [1.807, 2.05) is 0 Å². The van der Waals surface area contributed by atoms with Gasteiger partial charge in [0.15, 0.2) is 0 Å². The molecule has 0 radical (unpaired) electrons. The van der Waals surface area contributed by atoms with Gasteiger partial charge in [0.05, 0.1) is 17.1 Å². The highest BCUT2D eigenvalue weighted by molar-refractivity contribution is 5.86. The highest BCUT2D eigenvalue weighted by Crippen LogP contribution is 2.45. The van der Waals surface area contributed by atoms with Gasteiger partial charge in [-0.2, -0.15) is 0 Å². The van der Waals surface area contributed by atoms with Gasteiger partial charge < -0.3 is 14.7 Å². The Morgan fingerprint density at radius 3 is 0.788 bits per heavy atom. The lowest BCUT2D eigenvalue weighted by Crippen LogP contribution is -2.16. The Morgan fingerprint density at radius 2 is 0.470 bits per heavy atom. The van der Waals surface area contributed by atoms with E-state index in [9.17, 15) is 0 Å². The normalized spacial score (nSPS) is 11.6. The molecule has 0 fully saturated rings. The van der Waals surface area contributed by atoms with Crippen molar-refractivity contribution in [2.45, 2.75) is 61.3 Å². The minimum absolute atomic E-state index is 0.118. The van der Waals surface area contributed by atoms with Crippen molar-refractivity contribution < 1.29 is 0 Å². The minimum Gasteiger partial charge on any atom is -0.310 e. The molecule has 0 aliphatic rings. The Labute approximate surface area is 392 Å². The second kappa shape index (κ2) is 18.8. The molecule has 66 heavy (non-hydrogen) atoms. The van der Waals surface area contributed by atoms with Crippen LogP contribution in [0.3, 0.4) is 0 Å². The third-order valence-electron chi connectivity index (χ3n) is 13.2. The average molecular weight is 858 g/mol. The zero-order valence-electron chi connectivity index (χ0n) is 39.5. The van der Waals surface area contributed by atoms with E-state index in [2.05, 4.69) is 276 Å². The van der Waals surface area contributed by atoms with E-state index in [1.54, 1.807) is 0 Å². The van der Waals surface area contributed by atoms with Gasteiger partial charge in [-0.25, -0.2) is 0 Å². The molecule has 0 spiro atoms. The van der Waals surface area contributed by atoms with Crippen molar-refractivity contribution in [2.75, 3.05) is 14.7 Å². The molecule has 0 aromatic heterocycles. The topological polar surface area (TPSA) is 9.72 Å². The van der Waals surface area contributed by atoms with Crippen molar-refractivity contribution >= 4 is 51.2 Å². The number of rotatable bonds is 12. The van der Waals surface area contributed by atoms with Gasteiger partial charge >= 0.3 is 0 Å². The number of hydrogen-bond acceptors (Lipinski definition) is 3. The third kappa shape index (κ3) is 8.53. The van der Waals surface area contributed by atoms with Crippen LogP contribution in [0.2, 0.25) is 0 Å². The summed E-state index contributed by atoms with van der Waals surface area (Å²) in [4.78, 5) is 7.23. The van der Waals surface area contributed by atoms with E-state index in [1.165, 1.54) is 78.3 Å². The standard InChI is InChI=1S/C63H59N3/c1-43-19-15-20-44(2)59(43)60(51-27-11-9-12-28-51)52-31-33-54(34-32-52)65(62-47(5)23-17-24-48(62)6)56-39-41-58(42-40-56)66(63-49(7)25-18-26-50(63)8)57-37-35-55(36-38-57)64(53-29-13-10-14-30-53)61-45(3)21-16-22-46(61)4/h9-42,60H,1-8H3. The van der Waals surface area contributed by atoms with Gasteiger partial charge in [0.1, 0.15) is 0 Å². The molecule has 0 saturated heterocycles. The highest BCUT2D eigenvalue weighted by Gasteiger charge is 2.24.